The highest BCUT2D eigenvalue weighted by atomic mass is 32.1. The van der Waals surface area contributed by atoms with Crippen molar-refractivity contribution in [3.63, 3.8) is 0 Å². The molecule has 0 amide bonds. The van der Waals surface area contributed by atoms with Crippen LogP contribution >= 0.6 is 11.3 Å². The summed E-state index contributed by atoms with van der Waals surface area (Å²) in [7, 11) is 0. The van der Waals surface area contributed by atoms with Gasteiger partial charge in [0.05, 0.1) is 5.51 Å². The van der Waals surface area contributed by atoms with E-state index in [1.54, 1.807) is 11.3 Å². The van der Waals surface area contributed by atoms with E-state index in [-0.39, 0.29) is 0 Å². The van der Waals surface area contributed by atoms with Crippen molar-refractivity contribution in [2.75, 3.05) is 31.1 Å². The molecule has 6 heteroatoms. The fourth-order valence-corrected chi connectivity index (χ4v) is 2.93. The molecule has 0 spiro atoms. The second-order valence-corrected chi connectivity index (χ2v) is 5.66. The van der Waals surface area contributed by atoms with Crippen LogP contribution in [0.1, 0.15) is 10.7 Å². The SMILES string of the molecule is Cc1nccc(N2CCN(Cc3cncs3)CC2)n1. The fraction of sp³-hybridized carbons (Fsp3) is 0.462. The molecule has 1 fully saturated rings. The third-order valence-corrected chi connectivity index (χ3v) is 4.08. The summed E-state index contributed by atoms with van der Waals surface area (Å²) in [5.74, 6) is 1.88. The number of aromatic nitrogens is 3. The van der Waals surface area contributed by atoms with E-state index in [0.29, 0.717) is 0 Å². The third kappa shape index (κ3) is 3.08. The Hall–Kier alpha value is -1.53. The highest BCUT2D eigenvalue weighted by Crippen LogP contribution is 2.15. The first kappa shape index (κ1) is 12.5. The summed E-state index contributed by atoms with van der Waals surface area (Å²) in [6.07, 6.45) is 3.80. The van der Waals surface area contributed by atoms with Crippen molar-refractivity contribution in [2.45, 2.75) is 13.5 Å². The van der Waals surface area contributed by atoms with Crippen molar-refractivity contribution in [1.82, 2.24) is 19.9 Å². The van der Waals surface area contributed by atoms with Gasteiger partial charge in [0.15, 0.2) is 0 Å². The van der Waals surface area contributed by atoms with Gasteiger partial charge in [-0.25, -0.2) is 9.97 Å². The zero-order valence-corrected chi connectivity index (χ0v) is 11.8. The molecule has 19 heavy (non-hydrogen) atoms. The van der Waals surface area contributed by atoms with Gasteiger partial charge in [-0.3, -0.25) is 9.88 Å². The molecular formula is C13H17N5S. The number of anilines is 1. The van der Waals surface area contributed by atoms with Crippen LogP contribution in [0.15, 0.2) is 24.0 Å². The first-order valence-electron chi connectivity index (χ1n) is 6.45. The van der Waals surface area contributed by atoms with E-state index in [0.717, 1.165) is 44.4 Å². The molecule has 3 heterocycles. The summed E-state index contributed by atoms with van der Waals surface area (Å²) in [6, 6.07) is 1.99. The Balaban J connectivity index is 1.57. The zero-order chi connectivity index (χ0) is 13.1. The van der Waals surface area contributed by atoms with Gasteiger partial charge in [-0.15, -0.1) is 11.3 Å². The molecular weight excluding hydrogens is 258 g/mol. The molecule has 100 valence electrons. The topological polar surface area (TPSA) is 45.2 Å². The number of rotatable bonds is 3. The Labute approximate surface area is 116 Å². The van der Waals surface area contributed by atoms with Crippen molar-refractivity contribution in [3.8, 4) is 0 Å². The predicted molar refractivity (Wildman–Crippen MR) is 76.4 cm³/mol. The maximum Gasteiger partial charge on any atom is 0.132 e. The number of hydrogen-bond acceptors (Lipinski definition) is 6. The highest BCUT2D eigenvalue weighted by molar-refractivity contribution is 7.09. The Morgan fingerprint density at radius 3 is 2.79 bits per heavy atom. The first-order chi connectivity index (χ1) is 9.31. The van der Waals surface area contributed by atoms with Gasteiger partial charge < -0.3 is 4.90 Å². The number of piperazine rings is 1. The van der Waals surface area contributed by atoms with E-state index in [9.17, 15) is 0 Å². The minimum absolute atomic E-state index is 0.838. The summed E-state index contributed by atoms with van der Waals surface area (Å²) < 4.78 is 0. The third-order valence-electron chi connectivity index (χ3n) is 3.32. The quantitative estimate of drug-likeness (QED) is 0.850. The van der Waals surface area contributed by atoms with E-state index < -0.39 is 0 Å². The summed E-state index contributed by atoms with van der Waals surface area (Å²) in [4.78, 5) is 18.9. The van der Waals surface area contributed by atoms with Gasteiger partial charge in [-0.1, -0.05) is 0 Å². The van der Waals surface area contributed by atoms with Gasteiger partial charge in [0.1, 0.15) is 11.6 Å². The summed E-state index contributed by atoms with van der Waals surface area (Å²) in [5.41, 5.74) is 1.90. The molecule has 0 unspecified atom stereocenters. The molecule has 3 rings (SSSR count). The van der Waals surface area contributed by atoms with Gasteiger partial charge in [-0.2, -0.15) is 0 Å². The maximum atomic E-state index is 4.49. The molecule has 5 nitrogen and oxygen atoms in total. The summed E-state index contributed by atoms with van der Waals surface area (Å²) in [5, 5.41) is 0. The standard InChI is InChI=1S/C13H17N5S/c1-11-15-3-2-13(16-11)18-6-4-17(5-7-18)9-12-8-14-10-19-12/h2-3,8,10H,4-7,9H2,1H3. The molecule has 2 aromatic heterocycles. The average molecular weight is 275 g/mol. The van der Waals surface area contributed by atoms with Crippen LogP contribution in [0.5, 0.6) is 0 Å². The lowest BCUT2D eigenvalue weighted by Crippen LogP contribution is -2.46. The zero-order valence-electron chi connectivity index (χ0n) is 11.0. The van der Waals surface area contributed by atoms with Gasteiger partial charge in [0.2, 0.25) is 0 Å². The molecule has 0 atom stereocenters. The summed E-state index contributed by atoms with van der Waals surface area (Å²) in [6.45, 7) is 7.14. The van der Waals surface area contributed by atoms with Crippen molar-refractivity contribution < 1.29 is 0 Å². The van der Waals surface area contributed by atoms with Crippen LogP contribution in [0.4, 0.5) is 5.82 Å². The molecule has 1 aliphatic rings. The second-order valence-electron chi connectivity index (χ2n) is 4.69. The second kappa shape index (κ2) is 5.63. The summed E-state index contributed by atoms with van der Waals surface area (Å²) >= 11 is 1.73. The predicted octanol–water partition coefficient (Wildman–Crippen LogP) is 1.56. The van der Waals surface area contributed by atoms with Crippen LogP contribution < -0.4 is 4.90 Å². The lowest BCUT2D eigenvalue weighted by molar-refractivity contribution is 0.251. The van der Waals surface area contributed by atoms with Gasteiger partial charge in [-0.05, 0) is 13.0 Å². The smallest absolute Gasteiger partial charge is 0.132 e. The van der Waals surface area contributed by atoms with E-state index in [4.69, 9.17) is 0 Å². The van der Waals surface area contributed by atoms with Gasteiger partial charge in [0, 0.05) is 50.0 Å². The van der Waals surface area contributed by atoms with Crippen LogP contribution in [0.25, 0.3) is 0 Å². The minimum atomic E-state index is 0.838. The number of thiazole rings is 1. The molecule has 0 radical (unpaired) electrons. The molecule has 0 saturated carbocycles. The van der Waals surface area contributed by atoms with Gasteiger partial charge >= 0.3 is 0 Å². The van der Waals surface area contributed by atoms with Crippen molar-refractivity contribution in [1.29, 1.82) is 0 Å². The lowest BCUT2D eigenvalue weighted by atomic mass is 10.3. The van der Waals surface area contributed by atoms with E-state index in [2.05, 4.69) is 24.8 Å². The van der Waals surface area contributed by atoms with Crippen LogP contribution in [-0.2, 0) is 6.54 Å². The Morgan fingerprint density at radius 1 is 1.26 bits per heavy atom. The van der Waals surface area contributed by atoms with Crippen LogP contribution in [-0.4, -0.2) is 46.0 Å². The normalized spacial score (nSPS) is 16.8. The monoisotopic (exact) mass is 275 g/mol. The van der Waals surface area contributed by atoms with E-state index in [1.807, 2.05) is 30.9 Å². The number of nitrogens with zero attached hydrogens (tertiary/aromatic N) is 5. The molecule has 0 aromatic carbocycles. The Bertz CT molecular complexity index is 520. The number of aryl methyl sites for hydroxylation is 1. The highest BCUT2D eigenvalue weighted by Gasteiger charge is 2.18. The molecule has 1 saturated heterocycles. The van der Waals surface area contributed by atoms with Crippen LogP contribution in [0, 0.1) is 6.92 Å². The molecule has 0 aliphatic carbocycles. The maximum absolute atomic E-state index is 4.49. The van der Waals surface area contributed by atoms with Crippen molar-refractivity contribution >= 4 is 17.2 Å². The fourth-order valence-electron chi connectivity index (χ4n) is 2.30. The Morgan fingerprint density at radius 2 is 2.11 bits per heavy atom. The average Bonchev–Trinajstić information content (AvgIpc) is 2.92. The minimum Gasteiger partial charge on any atom is -0.354 e. The lowest BCUT2D eigenvalue weighted by Gasteiger charge is -2.35. The Kier molecular flexibility index (Phi) is 3.70. The first-order valence-corrected chi connectivity index (χ1v) is 7.33. The van der Waals surface area contributed by atoms with Crippen LogP contribution in [0.3, 0.4) is 0 Å². The molecule has 1 aliphatic heterocycles. The van der Waals surface area contributed by atoms with E-state index in [1.165, 1.54) is 4.88 Å². The molecule has 0 N–H and O–H groups in total. The van der Waals surface area contributed by atoms with Gasteiger partial charge in [0.25, 0.3) is 0 Å². The largest absolute Gasteiger partial charge is 0.354 e. The number of hydrogen-bond donors (Lipinski definition) is 0. The van der Waals surface area contributed by atoms with E-state index >= 15 is 0 Å². The molecule has 0 bridgehead atoms. The van der Waals surface area contributed by atoms with Crippen LogP contribution in [0.2, 0.25) is 0 Å². The van der Waals surface area contributed by atoms with Crippen molar-refractivity contribution in [2.24, 2.45) is 0 Å². The molecule has 2 aromatic rings. The van der Waals surface area contributed by atoms with Crippen molar-refractivity contribution in [3.05, 3.63) is 34.7 Å².